The molecule has 1 N–H and O–H groups in total. The van der Waals surface area contributed by atoms with Crippen LogP contribution in [0.3, 0.4) is 0 Å². The molecule has 1 nitrogen and oxygen atoms in total. The Morgan fingerprint density at radius 1 is 1.11 bits per heavy atom. The number of aryl methyl sites for hydroxylation is 1. The summed E-state index contributed by atoms with van der Waals surface area (Å²) in [5.74, 6) is 0.855. The van der Waals surface area contributed by atoms with Gasteiger partial charge in [0.1, 0.15) is 5.82 Å². The van der Waals surface area contributed by atoms with E-state index in [2.05, 4.69) is 24.4 Å². The van der Waals surface area contributed by atoms with Gasteiger partial charge in [0.15, 0.2) is 0 Å². The van der Waals surface area contributed by atoms with Crippen LogP contribution in [0, 0.1) is 12.7 Å². The lowest BCUT2D eigenvalue weighted by molar-refractivity contribution is 0.408. The molecule has 100 valence electrons. The van der Waals surface area contributed by atoms with Crippen LogP contribution in [-0.4, -0.2) is 13.1 Å². The van der Waals surface area contributed by atoms with Crippen molar-refractivity contribution in [1.29, 1.82) is 0 Å². The van der Waals surface area contributed by atoms with E-state index in [9.17, 15) is 4.39 Å². The van der Waals surface area contributed by atoms with Crippen molar-refractivity contribution in [1.82, 2.24) is 5.32 Å². The van der Waals surface area contributed by atoms with Gasteiger partial charge in [-0.25, -0.2) is 4.39 Å². The minimum Gasteiger partial charge on any atom is -0.316 e. The Balaban J connectivity index is 1.90. The van der Waals surface area contributed by atoms with Crippen LogP contribution in [0.5, 0.6) is 0 Å². The van der Waals surface area contributed by atoms with Crippen molar-refractivity contribution in [3.8, 4) is 0 Å². The molecule has 1 aromatic carbocycles. The highest BCUT2D eigenvalue weighted by Gasteiger charge is 2.28. The second-order valence-electron chi connectivity index (χ2n) is 5.21. The van der Waals surface area contributed by atoms with Crippen molar-refractivity contribution in [2.45, 2.75) is 25.2 Å². The zero-order valence-electron chi connectivity index (χ0n) is 11.0. The average Bonchev–Trinajstić information content (AvgIpc) is 2.86. The fraction of sp³-hybridized carbons (Fsp3) is 0.375. The number of nitrogens with one attached hydrogen (secondary N) is 1. The van der Waals surface area contributed by atoms with Crippen LogP contribution in [0.15, 0.2) is 36.4 Å². The number of piperidine rings is 1. The summed E-state index contributed by atoms with van der Waals surface area (Å²) in [6, 6.07) is 11.5. The first kappa shape index (κ1) is 12.8. The molecule has 0 aliphatic carbocycles. The lowest BCUT2D eigenvalue weighted by Crippen LogP contribution is -2.33. The molecular formula is C16H18FNS. The molecule has 2 atom stereocenters. The lowest BCUT2D eigenvalue weighted by Gasteiger charge is -2.32. The van der Waals surface area contributed by atoms with E-state index >= 15 is 0 Å². The third-order valence-electron chi connectivity index (χ3n) is 3.91. The van der Waals surface area contributed by atoms with Gasteiger partial charge in [0.25, 0.3) is 0 Å². The van der Waals surface area contributed by atoms with E-state index in [0.29, 0.717) is 11.8 Å². The standard InChI is InChI=1S/C16H18FNS/c1-11-2-7-16(19-11)14-8-9-18-10-15(14)12-3-5-13(17)6-4-12/h2-7,14-15,18H,8-10H2,1H3. The summed E-state index contributed by atoms with van der Waals surface area (Å²) in [5, 5.41) is 3.47. The van der Waals surface area contributed by atoms with Gasteiger partial charge >= 0.3 is 0 Å². The number of rotatable bonds is 2. The summed E-state index contributed by atoms with van der Waals surface area (Å²) in [6.45, 7) is 4.20. The third-order valence-corrected chi connectivity index (χ3v) is 5.04. The van der Waals surface area contributed by atoms with Gasteiger partial charge < -0.3 is 5.32 Å². The zero-order chi connectivity index (χ0) is 13.2. The Morgan fingerprint density at radius 3 is 2.58 bits per heavy atom. The van der Waals surface area contributed by atoms with E-state index in [1.165, 1.54) is 15.3 Å². The van der Waals surface area contributed by atoms with Gasteiger partial charge in [-0.1, -0.05) is 12.1 Å². The summed E-state index contributed by atoms with van der Waals surface area (Å²) in [7, 11) is 0. The Hall–Kier alpha value is -1.19. The van der Waals surface area contributed by atoms with Crippen LogP contribution in [0.1, 0.15) is 33.6 Å². The minimum absolute atomic E-state index is 0.156. The second kappa shape index (κ2) is 5.43. The lowest BCUT2D eigenvalue weighted by atomic mass is 9.80. The summed E-state index contributed by atoms with van der Waals surface area (Å²) < 4.78 is 13.1. The molecule has 2 aromatic rings. The zero-order valence-corrected chi connectivity index (χ0v) is 11.8. The first-order valence-corrected chi connectivity index (χ1v) is 7.58. The molecule has 19 heavy (non-hydrogen) atoms. The van der Waals surface area contributed by atoms with E-state index in [-0.39, 0.29) is 5.82 Å². The molecule has 1 fully saturated rings. The predicted octanol–water partition coefficient (Wildman–Crippen LogP) is 4.06. The molecule has 1 aliphatic heterocycles. The molecular weight excluding hydrogens is 257 g/mol. The molecule has 1 saturated heterocycles. The van der Waals surface area contributed by atoms with Crippen LogP contribution < -0.4 is 5.32 Å². The van der Waals surface area contributed by atoms with Gasteiger partial charge in [0.2, 0.25) is 0 Å². The Morgan fingerprint density at radius 2 is 1.89 bits per heavy atom. The van der Waals surface area contributed by atoms with Gasteiger partial charge in [-0.15, -0.1) is 11.3 Å². The molecule has 1 aromatic heterocycles. The first-order chi connectivity index (χ1) is 9.24. The maximum absolute atomic E-state index is 13.1. The Labute approximate surface area is 117 Å². The largest absolute Gasteiger partial charge is 0.316 e. The fourth-order valence-electron chi connectivity index (χ4n) is 2.91. The van der Waals surface area contributed by atoms with E-state index in [0.717, 1.165) is 19.5 Å². The van der Waals surface area contributed by atoms with Gasteiger partial charge in [-0.3, -0.25) is 0 Å². The highest BCUT2D eigenvalue weighted by Crippen LogP contribution is 2.40. The fourth-order valence-corrected chi connectivity index (χ4v) is 3.99. The molecule has 2 unspecified atom stereocenters. The molecule has 3 rings (SSSR count). The van der Waals surface area contributed by atoms with E-state index in [4.69, 9.17) is 0 Å². The number of benzene rings is 1. The van der Waals surface area contributed by atoms with Crippen LogP contribution in [-0.2, 0) is 0 Å². The summed E-state index contributed by atoms with van der Waals surface area (Å²) >= 11 is 1.89. The van der Waals surface area contributed by atoms with Crippen LogP contribution in [0.4, 0.5) is 4.39 Å². The van der Waals surface area contributed by atoms with Gasteiger partial charge in [-0.2, -0.15) is 0 Å². The quantitative estimate of drug-likeness (QED) is 0.871. The van der Waals surface area contributed by atoms with Crippen LogP contribution >= 0.6 is 11.3 Å². The molecule has 0 saturated carbocycles. The number of hydrogen-bond donors (Lipinski definition) is 1. The van der Waals surface area contributed by atoms with Crippen LogP contribution in [0.25, 0.3) is 0 Å². The normalized spacial score (nSPS) is 23.5. The van der Waals surface area contributed by atoms with E-state index in [1.807, 2.05) is 23.5 Å². The van der Waals surface area contributed by atoms with Crippen LogP contribution in [0.2, 0.25) is 0 Å². The van der Waals surface area contributed by atoms with Crippen molar-refractivity contribution in [2.24, 2.45) is 0 Å². The van der Waals surface area contributed by atoms with E-state index in [1.54, 1.807) is 12.1 Å². The molecule has 0 bridgehead atoms. The first-order valence-electron chi connectivity index (χ1n) is 6.76. The van der Waals surface area contributed by atoms with Gasteiger partial charge in [0, 0.05) is 28.1 Å². The Bertz CT molecular complexity index is 546. The minimum atomic E-state index is -0.156. The molecule has 3 heteroatoms. The molecule has 2 heterocycles. The molecule has 0 spiro atoms. The van der Waals surface area contributed by atoms with Crippen molar-refractivity contribution in [3.05, 3.63) is 57.5 Å². The summed E-state index contributed by atoms with van der Waals surface area (Å²) in [4.78, 5) is 2.83. The molecule has 1 aliphatic rings. The van der Waals surface area contributed by atoms with Gasteiger partial charge in [-0.05, 0) is 49.7 Å². The highest BCUT2D eigenvalue weighted by atomic mass is 32.1. The molecule has 0 radical (unpaired) electrons. The third kappa shape index (κ3) is 2.72. The van der Waals surface area contributed by atoms with Crippen molar-refractivity contribution < 1.29 is 4.39 Å². The predicted molar refractivity (Wildman–Crippen MR) is 78.4 cm³/mol. The topological polar surface area (TPSA) is 12.0 Å². The number of hydrogen-bond acceptors (Lipinski definition) is 2. The highest BCUT2D eigenvalue weighted by molar-refractivity contribution is 7.12. The summed E-state index contributed by atoms with van der Waals surface area (Å²) in [5.41, 5.74) is 1.24. The number of thiophene rings is 1. The SMILES string of the molecule is Cc1ccc(C2CCNCC2c2ccc(F)cc2)s1. The average molecular weight is 275 g/mol. The summed E-state index contributed by atoms with van der Waals surface area (Å²) in [6.07, 6.45) is 1.15. The smallest absolute Gasteiger partial charge is 0.123 e. The van der Waals surface area contributed by atoms with Crippen molar-refractivity contribution >= 4 is 11.3 Å². The van der Waals surface area contributed by atoms with Gasteiger partial charge in [0.05, 0.1) is 0 Å². The Kier molecular flexibility index (Phi) is 3.67. The molecule has 0 amide bonds. The maximum Gasteiger partial charge on any atom is 0.123 e. The monoisotopic (exact) mass is 275 g/mol. The second-order valence-corrected chi connectivity index (χ2v) is 6.53. The van der Waals surface area contributed by atoms with Crippen molar-refractivity contribution in [2.75, 3.05) is 13.1 Å². The van der Waals surface area contributed by atoms with E-state index < -0.39 is 0 Å². The number of halogens is 1. The van der Waals surface area contributed by atoms with Crippen molar-refractivity contribution in [3.63, 3.8) is 0 Å². The maximum atomic E-state index is 13.1.